The molecule has 2 rings (SSSR count). The van der Waals surface area contributed by atoms with Crippen LogP contribution in [0.5, 0.6) is 5.75 Å². The van der Waals surface area contributed by atoms with E-state index < -0.39 is 17.1 Å². The van der Waals surface area contributed by atoms with Crippen molar-refractivity contribution in [3.05, 3.63) is 69.8 Å². The molecule has 8 heteroatoms. The Balaban J connectivity index is 1.88. The van der Waals surface area contributed by atoms with E-state index in [0.717, 1.165) is 5.56 Å². The van der Waals surface area contributed by atoms with Crippen LogP contribution >= 0.6 is 0 Å². The number of nitrogens with one attached hydrogen (secondary N) is 1. The lowest BCUT2D eigenvalue weighted by Gasteiger charge is -2.18. The molecule has 8 nitrogen and oxygen atoms in total. The lowest BCUT2D eigenvalue weighted by Crippen LogP contribution is -2.41. The van der Waals surface area contributed by atoms with Crippen molar-refractivity contribution >= 4 is 11.8 Å². The van der Waals surface area contributed by atoms with Crippen molar-refractivity contribution < 1.29 is 24.3 Å². The smallest absolute Gasteiger partial charge is 0.405 e. The number of nitrogens with zero attached hydrogens (tertiary/aromatic N) is 1. The van der Waals surface area contributed by atoms with Crippen molar-refractivity contribution in [2.24, 2.45) is 0 Å². The second-order valence-electron chi connectivity index (χ2n) is 5.72. The van der Waals surface area contributed by atoms with Gasteiger partial charge in [0.2, 0.25) is 0 Å². The molecule has 2 N–H and O–H groups in total. The number of nitro benzene ring substituents is 1. The van der Waals surface area contributed by atoms with Crippen LogP contribution in [0.2, 0.25) is 0 Å². The SMILES string of the molecule is Cc1cccc(OC[C@H](COCc2cccc([N+](=O)[O-])c2)NC(=O)O)c1. The number of hydrogen-bond donors (Lipinski definition) is 2. The zero-order valence-corrected chi connectivity index (χ0v) is 14.3. The van der Waals surface area contributed by atoms with E-state index in [1.54, 1.807) is 18.2 Å². The molecule has 0 aliphatic carbocycles. The van der Waals surface area contributed by atoms with Gasteiger partial charge in [-0.05, 0) is 30.2 Å². The zero-order valence-electron chi connectivity index (χ0n) is 14.3. The van der Waals surface area contributed by atoms with Gasteiger partial charge in [0.25, 0.3) is 5.69 Å². The van der Waals surface area contributed by atoms with Crippen molar-refractivity contribution in [3.8, 4) is 5.75 Å². The first-order valence-electron chi connectivity index (χ1n) is 7.94. The predicted octanol–water partition coefficient (Wildman–Crippen LogP) is 3.14. The van der Waals surface area contributed by atoms with Gasteiger partial charge in [0.05, 0.1) is 24.2 Å². The second kappa shape index (κ2) is 9.38. The largest absolute Gasteiger partial charge is 0.491 e. The molecule has 138 valence electrons. The fourth-order valence-electron chi connectivity index (χ4n) is 2.29. The minimum atomic E-state index is -1.18. The number of non-ortho nitro benzene ring substituents is 1. The molecule has 0 saturated carbocycles. The number of amides is 1. The fraction of sp³-hybridized carbons (Fsp3) is 0.278. The molecule has 0 saturated heterocycles. The number of hydrogen-bond acceptors (Lipinski definition) is 5. The minimum absolute atomic E-state index is 0.0194. The Bertz CT molecular complexity index is 765. The Hall–Kier alpha value is -3.13. The molecule has 26 heavy (non-hydrogen) atoms. The fourth-order valence-corrected chi connectivity index (χ4v) is 2.29. The summed E-state index contributed by atoms with van der Waals surface area (Å²) >= 11 is 0. The molecular formula is C18H20N2O6. The van der Waals surface area contributed by atoms with Gasteiger partial charge in [0, 0.05) is 12.1 Å². The molecule has 0 heterocycles. The second-order valence-corrected chi connectivity index (χ2v) is 5.72. The van der Waals surface area contributed by atoms with Crippen LogP contribution in [0.4, 0.5) is 10.5 Å². The van der Waals surface area contributed by atoms with Crippen LogP contribution in [0, 0.1) is 17.0 Å². The van der Waals surface area contributed by atoms with Crippen molar-refractivity contribution in [3.63, 3.8) is 0 Å². The molecule has 1 atom stereocenters. The number of nitro groups is 1. The number of rotatable bonds is 9. The van der Waals surface area contributed by atoms with E-state index in [4.69, 9.17) is 14.6 Å². The number of aryl methyl sites for hydroxylation is 1. The van der Waals surface area contributed by atoms with Crippen LogP contribution in [-0.4, -0.2) is 35.4 Å². The average Bonchev–Trinajstić information content (AvgIpc) is 2.59. The standard InChI is InChI=1S/C18H20N2O6/c1-13-4-2-7-17(8-13)26-12-15(19-18(21)22)11-25-10-14-5-3-6-16(9-14)20(23)24/h2-9,15,19H,10-12H2,1H3,(H,21,22)/t15-/m0/s1. The Morgan fingerprint density at radius 1 is 1.23 bits per heavy atom. The maximum atomic E-state index is 10.9. The third kappa shape index (κ3) is 6.40. The predicted molar refractivity (Wildman–Crippen MR) is 94.4 cm³/mol. The van der Waals surface area contributed by atoms with E-state index in [1.165, 1.54) is 12.1 Å². The molecule has 0 bridgehead atoms. The summed E-state index contributed by atoms with van der Waals surface area (Å²) in [5, 5.41) is 22.1. The summed E-state index contributed by atoms with van der Waals surface area (Å²) in [5.74, 6) is 0.640. The first kappa shape index (κ1) is 19.2. The number of carboxylic acid groups (broad SMARTS) is 1. The van der Waals surface area contributed by atoms with Crippen LogP contribution in [-0.2, 0) is 11.3 Å². The Kier molecular flexibility index (Phi) is 6.92. The molecule has 0 aromatic heterocycles. The maximum Gasteiger partial charge on any atom is 0.405 e. The third-order valence-electron chi connectivity index (χ3n) is 3.48. The average molecular weight is 360 g/mol. The minimum Gasteiger partial charge on any atom is -0.491 e. The van der Waals surface area contributed by atoms with Gasteiger partial charge in [0.1, 0.15) is 12.4 Å². The molecule has 0 fully saturated rings. The molecule has 0 spiro atoms. The maximum absolute atomic E-state index is 10.9. The van der Waals surface area contributed by atoms with Gasteiger partial charge in [-0.25, -0.2) is 4.79 Å². The summed E-state index contributed by atoms with van der Waals surface area (Å²) in [6, 6.07) is 12.9. The van der Waals surface area contributed by atoms with Crippen molar-refractivity contribution in [2.75, 3.05) is 13.2 Å². The number of ether oxygens (including phenoxy) is 2. The highest BCUT2D eigenvalue weighted by molar-refractivity contribution is 5.64. The highest BCUT2D eigenvalue weighted by atomic mass is 16.6. The lowest BCUT2D eigenvalue weighted by molar-refractivity contribution is -0.384. The van der Waals surface area contributed by atoms with E-state index in [2.05, 4.69) is 5.32 Å². The van der Waals surface area contributed by atoms with Crippen LogP contribution in [0.3, 0.4) is 0 Å². The summed E-state index contributed by atoms with van der Waals surface area (Å²) in [4.78, 5) is 21.2. The van der Waals surface area contributed by atoms with Crippen LogP contribution in [0.1, 0.15) is 11.1 Å². The third-order valence-corrected chi connectivity index (χ3v) is 3.48. The zero-order chi connectivity index (χ0) is 18.9. The molecule has 2 aromatic rings. The molecule has 0 radical (unpaired) electrons. The number of benzene rings is 2. The number of carbonyl (C=O) groups is 1. The van der Waals surface area contributed by atoms with E-state index in [0.29, 0.717) is 11.3 Å². The Morgan fingerprint density at radius 3 is 2.69 bits per heavy atom. The van der Waals surface area contributed by atoms with E-state index >= 15 is 0 Å². The summed E-state index contributed by atoms with van der Waals surface area (Å²) in [7, 11) is 0. The summed E-state index contributed by atoms with van der Waals surface area (Å²) in [6.07, 6.45) is -1.18. The molecule has 0 aliphatic heterocycles. The highest BCUT2D eigenvalue weighted by Crippen LogP contribution is 2.14. The quantitative estimate of drug-likeness (QED) is 0.525. The molecular weight excluding hydrogens is 340 g/mol. The van der Waals surface area contributed by atoms with Gasteiger partial charge < -0.3 is 19.9 Å². The molecule has 0 unspecified atom stereocenters. The van der Waals surface area contributed by atoms with E-state index in [-0.39, 0.29) is 25.5 Å². The van der Waals surface area contributed by atoms with Gasteiger partial charge in [-0.2, -0.15) is 0 Å². The van der Waals surface area contributed by atoms with Gasteiger partial charge >= 0.3 is 6.09 Å². The topological polar surface area (TPSA) is 111 Å². The van der Waals surface area contributed by atoms with Gasteiger partial charge in [-0.1, -0.05) is 24.3 Å². The van der Waals surface area contributed by atoms with Crippen LogP contribution in [0.15, 0.2) is 48.5 Å². The first-order chi connectivity index (χ1) is 12.4. The summed E-state index contributed by atoms with van der Waals surface area (Å²) < 4.78 is 11.1. The monoisotopic (exact) mass is 360 g/mol. The lowest BCUT2D eigenvalue weighted by atomic mass is 10.2. The summed E-state index contributed by atoms with van der Waals surface area (Å²) in [5.41, 5.74) is 1.65. The summed E-state index contributed by atoms with van der Waals surface area (Å²) in [6.45, 7) is 2.23. The normalized spacial score (nSPS) is 11.6. The van der Waals surface area contributed by atoms with E-state index in [9.17, 15) is 14.9 Å². The Morgan fingerprint density at radius 2 is 2.00 bits per heavy atom. The van der Waals surface area contributed by atoms with Gasteiger partial charge in [-0.15, -0.1) is 0 Å². The Labute approximate surface area is 150 Å². The van der Waals surface area contributed by atoms with Crippen molar-refractivity contribution in [1.82, 2.24) is 5.32 Å². The van der Waals surface area contributed by atoms with Crippen molar-refractivity contribution in [1.29, 1.82) is 0 Å². The first-order valence-corrected chi connectivity index (χ1v) is 7.94. The van der Waals surface area contributed by atoms with Gasteiger partial charge in [0.15, 0.2) is 0 Å². The van der Waals surface area contributed by atoms with Crippen LogP contribution < -0.4 is 10.1 Å². The van der Waals surface area contributed by atoms with E-state index in [1.807, 2.05) is 25.1 Å². The molecule has 1 amide bonds. The van der Waals surface area contributed by atoms with Gasteiger partial charge in [-0.3, -0.25) is 10.1 Å². The van der Waals surface area contributed by atoms with Crippen molar-refractivity contribution in [2.45, 2.75) is 19.6 Å². The molecule has 0 aliphatic rings. The highest BCUT2D eigenvalue weighted by Gasteiger charge is 2.14. The molecule has 2 aromatic carbocycles. The van der Waals surface area contributed by atoms with Crippen LogP contribution in [0.25, 0.3) is 0 Å².